The molecule has 0 amide bonds. The number of aromatic nitrogens is 2. The summed E-state index contributed by atoms with van der Waals surface area (Å²) >= 11 is 0. The molecule has 0 spiro atoms. The Hall–Kier alpha value is -1.68. The van der Waals surface area contributed by atoms with Crippen LogP contribution in [-0.2, 0) is 6.54 Å². The fraction of sp³-hybridized carbons (Fsp3) is 0.357. The number of benzene rings is 1. The molecule has 3 nitrogen and oxygen atoms in total. The molecule has 4 heteroatoms. The Morgan fingerprint density at radius 1 is 1.44 bits per heavy atom. The first kappa shape index (κ1) is 11.4. The molecule has 0 saturated heterocycles. The van der Waals surface area contributed by atoms with Gasteiger partial charge in [-0.3, -0.25) is 0 Å². The van der Waals surface area contributed by atoms with Crippen molar-refractivity contribution in [2.45, 2.75) is 32.4 Å². The van der Waals surface area contributed by atoms with Crippen LogP contribution in [-0.4, -0.2) is 16.0 Å². The van der Waals surface area contributed by atoms with Crippen molar-refractivity contribution in [3.63, 3.8) is 0 Å². The van der Waals surface area contributed by atoms with E-state index in [2.05, 4.69) is 15.3 Å². The van der Waals surface area contributed by atoms with Crippen LogP contribution < -0.4 is 5.32 Å². The molecular formula is C14H16FN3. The Morgan fingerprint density at radius 3 is 3.00 bits per heavy atom. The SMILES string of the molecule is Cc1ccc(-c2ncc(CNC3CC3)[nH]2)cc1F. The molecule has 1 heterocycles. The minimum absolute atomic E-state index is 0.193. The fourth-order valence-electron chi connectivity index (χ4n) is 1.88. The molecule has 0 radical (unpaired) electrons. The van der Waals surface area contributed by atoms with Crippen molar-refractivity contribution in [3.05, 3.63) is 41.5 Å². The summed E-state index contributed by atoms with van der Waals surface area (Å²) in [5.74, 6) is 0.531. The van der Waals surface area contributed by atoms with Crippen LogP contribution in [0.2, 0.25) is 0 Å². The normalized spacial score (nSPS) is 15.0. The van der Waals surface area contributed by atoms with Crippen molar-refractivity contribution in [1.82, 2.24) is 15.3 Å². The van der Waals surface area contributed by atoms with E-state index in [1.807, 2.05) is 12.3 Å². The van der Waals surface area contributed by atoms with Gasteiger partial charge in [0.2, 0.25) is 0 Å². The van der Waals surface area contributed by atoms with Gasteiger partial charge in [0, 0.05) is 30.0 Å². The number of hydrogen-bond donors (Lipinski definition) is 2. The third-order valence-corrected chi connectivity index (χ3v) is 3.23. The lowest BCUT2D eigenvalue weighted by atomic mass is 10.1. The van der Waals surface area contributed by atoms with Crippen molar-refractivity contribution in [2.24, 2.45) is 0 Å². The Bertz CT molecular complexity index is 558. The molecule has 0 aliphatic heterocycles. The predicted octanol–water partition coefficient (Wildman–Crippen LogP) is 2.78. The highest BCUT2D eigenvalue weighted by molar-refractivity contribution is 5.55. The van der Waals surface area contributed by atoms with Gasteiger partial charge in [-0.05, 0) is 31.4 Å². The smallest absolute Gasteiger partial charge is 0.137 e. The van der Waals surface area contributed by atoms with Gasteiger partial charge in [0.25, 0.3) is 0 Å². The van der Waals surface area contributed by atoms with Gasteiger partial charge in [-0.15, -0.1) is 0 Å². The molecule has 0 bridgehead atoms. The quantitative estimate of drug-likeness (QED) is 0.869. The molecule has 94 valence electrons. The van der Waals surface area contributed by atoms with E-state index in [9.17, 15) is 4.39 Å². The predicted molar refractivity (Wildman–Crippen MR) is 68.6 cm³/mol. The zero-order chi connectivity index (χ0) is 12.5. The van der Waals surface area contributed by atoms with Gasteiger partial charge in [-0.2, -0.15) is 0 Å². The van der Waals surface area contributed by atoms with Crippen LogP contribution in [0.25, 0.3) is 11.4 Å². The third kappa shape index (κ3) is 2.43. The minimum Gasteiger partial charge on any atom is -0.341 e. The molecule has 1 aromatic carbocycles. The number of nitrogens with zero attached hydrogens (tertiary/aromatic N) is 1. The molecule has 3 rings (SSSR count). The number of imidazole rings is 1. The number of aromatic amines is 1. The molecule has 2 aromatic rings. The number of hydrogen-bond acceptors (Lipinski definition) is 2. The first-order valence-electron chi connectivity index (χ1n) is 6.26. The molecule has 1 aliphatic rings. The van der Waals surface area contributed by atoms with Crippen molar-refractivity contribution < 1.29 is 4.39 Å². The topological polar surface area (TPSA) is 40.7 Å². The molecule has 1 aliphatic carbocycles. The first-order valence-corrected chi connectivity index (χ1v) is 6.26. The van der Waals surface area contributed by atoms with Gasteiger partial charge in [0.15, 0.2) is 0 Å². The lowest BCUT2D eigenvalue weighted by Crippen LogP contribution is -2.15. The zero-order valence-electron chi connectivity index (χ0n) is 10.3. The Balaban J connectivity index is 1.76. The maximum atomic E-state index is 13.5. The molecular weight excluding hydrogens is 229 g/mol. The second-order valence-electron chi connectivity index (χ2n) is 4.88. The Kier molecular flexibility index (Phi) is 2.88. The van der Waals surface area contributed by atoms with E-state index in [1.54, 1.807) is 13.0 Å². The van der Waals surface area contributed by atoms with E-state index in [0.29, 0.717) is 11.6 Å². The van der Waals surface area contributed by atoms with E-state index in [0.717, 1.165) is 23.6 Å². The van der Waals surface area contributed by atoms with E-state index in [-0.39, 0.29) is 5.82 Å². The van der Waals surface area contributed by atoms with Crippen LogP contribution in [0.15, 0.2) is 24.4 Å². The maximum Gasteiger partial charge on any atom is 0.137 e. The zero-order valence-corrected chi connectivity index (χ0v) is 10.3. The first-order chi connectivity index (χ1) is 8.72. The van der Waals surface area contributed by atoms with Crippen molar-refractivity contribution in [3.8, 4) is 11.4 Å². The summed E-state index contributed by atoms with van der Waals surface area (Å²) in [4.78, 5) is 7.51. The number of nitrogens with one attached hydrogen (secondary N) is 2. The van der Waals surface area contributed by atoms with E-state index < -0.39 is 0 Å². The number of halogens is 1. The monoisotopic (exact) mass is 245 g/mol. The number of H-pyrrole nitrogens is 1. The molecule has 0 unspecified atom stereocenters. The second-order valence-corrected chi connectivity index (χ2v) is 4.88. The molecule has 1 saturated carbocycles. The summed E-state index contributed by atoms with van der Waals surface area (Å²) in [6, 6.07) is 5.85. The third-order valence-electron chi connectivity index (χ3n) is 3.23. The lowest BCUT2D eigenvalue weighted by molar-refractivity contribution is 0.619. The van der Waals surface area contributed by atoms with Gasteiger partial charge in [0.05, 0.1) is 0 Å². The molecule has 18 heavy (non-hydrogen) atoms. The average Bonchev–Trinajstić information content (AvgIpc) is 3.08. The van der Waals surface area contributed by atoms with Crippen LogP contribution in [0.4, 0.5) is 4.39 Å². The van der Waals surface area contributed by atoms with Crippen LogP contribution in [0.1, 0.15) is 24.1 Å². The molecule has 1 fully saturated rings. The number of aryl methyl sites for hydroxylation is 1. The lowest BCUT2D eigenvalue weighted by Gasteiger charge is -2.01. The molecule has 2 N–H and O–H groups in total. The van der Waals surface area contributed by atoms with Crippen LogP contribution in [0, 0.1) is 12.7 Å². The van der Waals surface area contributed by atoms with Gasteiger partial charge >= 0.3 is 0 Å². The van der Waals surface area contributed by atoms with Crippen LogP contribution >= 0.6 is 0 Å². The Labute approximate surface area is 105 Å². The van der Waals surface area contributed by atoms with E-state index >= 15 is 0 Å². The summed E-state index contributed by atoms with van der Waals surface area (Å²) in [6.07, 6.45) is 4.34. The van der Waals surface area contributed by atoms with Gasteiger partial charge in [-0.1, -0.05) is 12.1 Å². The highest BCUT2D eigenvalue weighted by atomic mass is 19.1. The number of rotatable bonds is 4. The van der Waals surface area contributed by atoms with Gasteiger partial charge in [0.1, 0.15) is 11.6 Å². The highest BCUT2D eigenvalue weighted by Gasteiger charge is 2.20. The van der Waals surface area contributed by atoms with Crippen molar-refractivity contribution in [1.29, 1.82) is 0 Å². The summed E-state index contributed by atoms with van der Waals surface area (Å²) in [6.45, 7) is 2.55. The van der Waals surface area contributed by atoms with E-state index in [1.165, 1.54) is 18.9 Å². The second kappa shape index (κ2) is 4.53. The van der Waals surface area contributed by atoms with Gasteiger partial charge < -0.3 is 10.3 Å². The summed E-state index contributed by atoms with van der Waals surface area (Å²) < 4.78 is 13.5. The largest absolute Gasteiger partial charge is 0.341 e. The summed E-state index contributed by atoms with van der Waals surface area (Å²) in [5, 5.41) is 3.41. The molecule has 1 aromatic heterocycles. The average molecular weight is 245 g/mol. The van der Waals surface area contributed by atoms with E-state index in [4.69, 9.17) is 0 Å². The highest BCUT2D eigenvalue weighted by Crippen LogP contribution is 2.21. The Morgan fingerprint density at radius 2 is 2.28 bits per heavy atom. The van der Waals surface area contributed by atoms with Crippen molar-refractivity contribution >= 4 is 0 Å². The minimum atomic E-state index is -0.193. The van der Waals surface area contributed by atoms with Gasteiger partial charge in [-0.25, -0.2) is 9.37 Å². The van der Waals surface area contributed by atoms with Crippen LogP contribution in [0.3, 0.4) is 0 Å². The molecule has 0 atom stereocenters. The van der Waals surface area contributed by atoms with Crippen molar-refractivity contribution in [2.75, 3.05) is 0 Å². The van der Waals surface area contributed by atoms with Crippen LogP contribution in [0.5, 0.6) is 0 Å². The summed E-state index contributed by atoms with van der Waals surface area (Å²) in [5.41, 5.74) is 2.48. The maximum absolute atomic E-state index is 13.5. The summed E-state index contributed by atoms with van der Waals surface area (Å²) in [7, 11) is 0. The standard InChI is InChI=1S/C14H16FN3/c1-9-2-3-10(6-13(9)15)14-17-8-12(18-14)7-16-11-4-5-11/h2-3,6,8,11,16H,4-5,7H2,1H3,(H,17,18). The fourth-order valence-corrected chi connectivity index (χ4v) is 1.88.